The van der Waals surface area contributed by atoms with Crippen LogP contribution in [0.1, 0.15) is 11.1 Å². The molecule has 116 valence electrons. The number of benzene rings is 2. The first-order valence-corrected chi connectivity index (χ1v) is 7.60. The van der Waals surface area contributed by atoms with E-state index in [0.717, 1.165) is 11.1 Å². The number of hydrogen-bond donors (Lipinski definition) is 3. The Labute approximate surface area is 139 Å². The molecular formula is C14H15BFNO4W. The molecule has 0 bridgehead atoms. The van der Waals surface area contributed by atoms with Gasteiger partial charge in [-0.3, -0.25) is 0 Å². The van der Waals surface area contributed by atoms with Crippen molar-refractivity contribution in [3.05, 3.63) is 53.6 Å². The van der Waals surface area contributed by atoms with Gasteiger partial charge in [-0.05, 0) is 41.7 Å². The maximum absolute atomic E-state index is 9.95. The average Bonchev–Trinajstić information content (AvgIpc) is 2.49. The zero-order valence-corrected chi connectivity index (χ0v) is 14.7. The van der Waals surface area contributed by atoms with Crippen LogP contribution in [0.15, 0.2) is 46.2 Å². The summed E-state index contributed by atoms with van der Waals surface area (Å²) in [7, 11) is -1.48. The molecule has 0 spiro atoms. The number of halogens is 1. The van der Waals surface area contributed by atoms with Gasteiger partial charge in [-0.15, -0.1) is 0 Å². The van der Waals surface area contributed by atoms with Crippen LogP contribution in [-0.2, 0) is 26.2 Å². The molecule has 0 fully saturated rings. The van der Waals surface area contributed by atoms with Crippen molar-refractivity contribution in [3.8, 4) is 11.5 Å². The van der Waals surface area contributed by atoms with Gasteiger partial charge in [-0.1, -0.05) is 24.3 Å². The van der Waals surface area contributed by atoms with E-state index in [-0.39, 0.29) is 5.75 Å². The van der Waals surface area contributed by atoms with Crippen molar-refractivity contribution in [2.75, 3.05) is 0 Å². The summed E-state index contributed by atoms with van der Waals surface area (Å²) in [5.41, 5.74) is 2.02. The Morgan fingerprint density at radius 1 is 1.23 bits per heavy atom. The molecule has 2 aromatic rings. The van der Waals surface area contributed by atoms with Crippen LogP contribution in [0.4, 0.5) is 4.48 Å². The molecule has 0 radical (unpaired) electrons. The molecule has 0 saturated carbocycles. The third-order valence-corrected chi connectivity index (χ3v) is 2.82. The van der Waals surface area contributed by atoms with Gasteiger partial charge in [0.25, 0.3) is 0 Å². The van der Waals surface area contributed by atoms with Crippen molar-refractivity contribution in [3.63, 3.8) is 0 Å². The van der Waals surface area contributed by atoms with Crippen molar-refractivity contribution in [1.82, 2.24) is 0 Å². The first kappa shape index (κ1) is 18.5. The van der Waals surface area contributed by atoms with Gasteiger partial charge in [0.2, 0.25) is 0 Å². The average molecular weight is 475 g/mol. The fourth-order valence-corrected chi connectivity index (χ4v) is 1.73. The first-order chi connectivity index (χ1) is 10.5. The molecule has 0 aliphatic rings. The normalized spacial score (nSPS) is 9.45. The van der Waals surface area contributed by atoms with E-state index in [9.17, 15) is 9.59 Å². The molecule has 22 heavy (non-hydrogen) atoms. The van der Waals surface area contributed by atoms with E-state index in [4.69, 9.17) is 14.8 Å². The zero-order valence-electron chi connectivity index (χ0n) is 11.8. The number of ether oxygens (including phenoxy) is 1. The number of aromatic hydroxyl groups is 1. The van der Waals surface area contributed by atoms with Crippen LogP contribution >= 0.6 is 0 Å². The topological polar surface area (TPSA) is 82.3 Å². The summed E-state index contributed by atoms with van der Waals surface area (Å²) >= 11 is 0.630. The Morgan fingerprint density at radius 3 is 2.50 bits per heavy atom. The van der Waals surface area contributed by atoms with E-state index in [2.05, 4.69) is 3.72 Å². The molecule has 5 nitrogen and oxygen atoms in total. The van der Waals surface area contributed by atoms with E-state index >= 15 is 0 Å². The number of rotatable bonds is 4. The number of phenols is 1. The predicted molar refractivity (Wildman–Crippen MR) is 77.0 cm³/mol. The van der Waals surface area contributed by atoms with Crippen LogP contribution in [0.2, 0.25) is 0 Å². The van der Waals surface area contributed by atoms with Gasteiger partial charge < -0.3 is 19.9 Å². The first-order valence-electron chi connectivity index (χ1n) is 6.29. The second kappa shape index (κ2) is 9.46. The van der Waals surface area contributed by atoms with Crippen LogP contribution in [0.5, 0.6) is 11.5 Å². The molecule has 0 amide bonds. The zero-order chi connectivity index (χ0) is 16.5. The minimum atomic E-state index is -1.48. The Bertz CT molecular complexity index is 628. The Hall–Kier alpha value is -1.56. The molecule has 3 N–H and O–H groups in total. The quantitative estimate of drug-likeness (QED) is 0.587. The molecule has 0 aliphatic heterocycles. The van der Waals surface area contributed by atoms with Crippen LogP contribution in [0.25, 0.3) is 0 Å². The molecule has 2 rings (SSSR count). The minimum absolute atomic E-state index is 0.234. The van der Waals surface area contributed by atoms with Gasteiger partial charge in [-0.2, -0.15) is 0 Å². The second-order valence-electron chi connectivity index (χ2n) is 4.42. The van der Waals surface area contributed by atoms with Gasteiger partial charge in [0.05, 0.1) is 0 Å². The monoisotopic (exact) mass is 475 g/mol. The number of aryl methyl sites for hydroxylation is 1. The fourth-order valence-electron chi connectivity index (χ4n) is 1.73. The van der Waals surface area contributed by atoms with Gasteiger partial charge in [0, 0.05) is 0 Å². The molecule has 8 heteroatoms. The molecule has 0 aliphatic carbocycles. The van der Waals surface area contributed by atoms with Crippen molar-refractivity contribution >= 4 is 12.6 Å². The Morgan fingerprint density at radius 2 is 1.91 bits per heavy atom. The van der Waals surface area contributed by atoms with E-state index < -0.39 is 7.12 Å². The van der Waals surface area contributed by atoms with Crippen LogP contribution in [0, 0.1) is 6.92 Å². The molecule has 0 saturated heterocycles. The summed E-state index contributed by atoms with van der Waals surface area (Å²) in [6, 6.07) is 11.9. The predicted octanol–water partition coefficient (Wildman–Crippen LogP) is 1.56. The SMILES string of the molecule is Cc1cc(OCc2cccc(B(O)O)c2)ccc1O.F[N]=[W]. The van der Waals surface area contributed by atoms with Gasteiger partial charge in [0.1, 0.15) is 18.1 Å². The van der Waals surface area contributed by atoms with E-state index in [1.54, 1.807) is 43.3 Å². The van der Waals surface area contributed by atoms with E-state index in [1.807, 2.05) is 6.07 Å². The van der Waals surface area contributed by atoms with Crippen molar-refractivity contribution < 1.29 is 44.0 Å². The van der Waals surface area contributed by atoms with Gasteiger partial charge in [0.15, 0.2) is 0 Å². The molecule has 0 heterocycles. The fraction of sp³-hybridized carbons (Fsp3) is 0.143. The number of phenolic OH excluding ortho intramolecular Hbond substituents is 1. The Kier molecular flexibility index (Phi) is 7.95. The summed E-state index contributed by atoms with van der Waals surface area (Å²) in [4.78, 5) is 0. The Balaban J connectivity index is 0.000000745. The van der Waals surface area contributed by atoms with Gasteiger partial charge in [-0.25, -0.2) is 0 Å². The van der Waals surface area contributed by atoms with Crippen molar-refractivity contribution in [2.45, 2.75) is 13.5 Å². The van der Waals surface area contributed by atoms with Crippen LogP contribution in [0.3, 0.4) is 0 Å². The maximum atomic E-state index is 9.95. The van der Waals surface area contributed by atoms with E-state index in [1.165, 1.54) is 0 Å². The third kappa shape index (κ3) is 6.05. The molecule has 0 aromatic heterocycles. The third-order valence-electron chi connectivity index (χ3n) is 2.82. The van der Waals surface area contributed by atoms with Crippen molar-refractivity contribution in [1.29, 1.82) is 0 Å². The standard InChI is InChI=1S/C14H15BO4.FN.W/c1-10-7-13(5-6-14(10)16)19-9-11-3-2-4-12(8-11)15(17)18;1-2;/h2-8,16-18H,9H2,1H3;;. The van der Waals surface area contributed by atoms with Gasteiger partial charge >= 0.3 is 34.9 Å². The summed E-state index contributed by atoms with van der Waals surface area (Å²) in [6.07, 6.45) is 0. The molecule has 0 atom stereocenters. The number of nitrogens with zero attached hydrogens (tertiary/aromatic N) is 1. The van der Waals surface area contributed by atoms with Crippen LogP contribution in [-0.4, -0.2) is 22.3 Å². The molecular weight excluding hydrogens is 460 g/mol. The summed E-state index contributed by atoms with van der Waals surface area (Å²) in [6.45, 7) is 2.12. The molecule has 0 unspecified atom stereocenters. The van der Waals surface area contributed by atoms with Crippen LogP contribution < -0.4 is 10.2 Å². The summed E-state index contributed by atoms with van der Waals surface area (Å²) < 4.78 is 17.6. The van der Waals surface area contributed by atoms with Crippen molar-refractivity contribution in [2.24, 2.45) is 3.72 Å². The second-order valence-corrected chi connectivity index (χ2v) is 4.92. The summed E-state index contributed by atoms with van der Waals surface area (Å²) in [5.74, 6) is 0.892. The summed E-state index contributed by atoms with van der Waals surface area (Å²) in [5, 5.41) is 27.6. The molecule has 2 aromatic carbocycles. The van der Waals surface area contributed by atoms with E-state index in [0.29, 0.717) is 37.5 Å². The number of hydrogen-bond acceptors (Lipinski definition) is 5.